The molecule has 0 saturated carbocycles. The fourth-order valence-corrected chi connectivity index (χ4v) is 4.74. The minimum absolute atomic E-state index is 0.0794. The van der Waals surface area contributed by atoms with Crippen LogP contribution in [0.25, 0.3) is 11.0 Å². The molecular formula is C26H25NO6. The summed E-state index contributed by atoms with van der Waals surface area (Å²) in [5, 5.41) is 0.458. The molecule has 0 aliphatic carbocycles. The largest absolute Gasteiger partial charge is 0.465 e. The van der Waals surface area contributed by atoms with Gasteiger partial charge in [0.2, 0.25) is 5.76 Å². The van der Waals surface area contributed by atoms with Crippen LogP contribution >= 0.6 is 0 Å². The lowest BCUT2D eigenvalue weighted by Crippen LogP contribution is -2.36. The van der Waals surface area contributed by atoms with Gasteiger partial charge in [0, 0.05) is 13.2 Å². The Morgan fingerprint density at radius 1 is 1.12 bits per heavy atom. The molecule has 0 N–H and O–H groups in total. The number of aryl methyl sites for hydroxylation is 2. The van der Waals surface area contributed by atoms with Crippen molar-refractivity contribution in [2.24, 2.45) is 0 Å². The van der Waals surface area contributed by atoms with Crippen LogP contribution in [0.15, 0.2) is 45.6 Å². The van der Waals surface area contributed by atoms with Gasteiger partial charge in [-0.3, -0.25) is 9.59 Å². The van der Waals surface area contributed by atoms with Crippen LogP contribution < -0.4 is 5.43 Å². The van der Waals surface area contributed by atoms with E-state index in [1.54, 1.807) is 29.2 Å². The average Bonchev–Trinajstić information content (AvgIpc) is 3.42. The van der Waals surface area contributed by atoms with E-state index in [4.69, 9.17) is 13.9 Å². The van der Waals surface area contributed by atoms with Crippen molar-refractivity contribution in [1.82, 2.24) is 4.90 Å². The van der Waals surface area contributed by atoms with Crippen molar-refractivity contribution in [2.75, 3.05) is 20.3 Å². The second kappa shape index (κ2) is 8.15. The van der Waals surface area contributed by atoms with E-state index < -0.39 is 12.0 Å². The Kier molecular flexibility index (Phi) is 5.29. The highest BCUT2D eigenvalue weighted by molar-refractivity contribution is 5.99. The van der Waals surface area contributed by atoms with Crippen molar-refractivity contribution in [1.29, 1.82) is 0 Å². The van der Waals surface area contributed by atoms with Gasteiger partial charge in [-0.2, -0.15) is 0 Å². The van der Waals surface area contributed by atoms with E-state index in [1.165, 1.54) is 7.11 Å². The third kappa shape index (κ3) is 3.53. The molecule has 0 bridgehead atoms. The number of hydrogen-bond acceptors (Lipinski definition) is 6. The first kappa shape index (κ1) is 21.4. The fourth-order valence-electron chi connectivity index (χ4n) is 4.74. The van der Waals surface area contributed by atoms with E-state index in [1.807, 2.05) is 26.0 Å². The highest BCUT2D eigenvalue weighted by Gasteiger charge is 2.44. The number of esters is 1. The Labute approximate surface area is 190 Å². The quantitative estimate of drug-likeness (QED) is 0.564. The molecule has 5 rings (SSSR count). The Morgan fingerprint density at radius 2 is 1.85 bits per heavy atom. The van der Waals surface area contributed by atoms with Gasteiger partial charge >= 0.3 is 5.97 Å². The summed E-state index contributed by atoms with van der Waals surface area (Å²) in [6, 6.07) is 9.81. The van der Waals surface area contributed by atoms with Crippen LogP contribution in [0.2, 0.25) is 0 Å². The number of ether oxygens (including phenoxy) is 2. The zero-order valence-electron chi connectivity index (χ0n) is 18.8. The van der Waals surface area contributed by atoms with Gasteiger partial charge in [-0.05, 0) is 67.6 Å². The lowest BCUT2D eigenvalue weighted by Gasteiger charge is -2.27. The summed E-state index contributed by atoms with van der Waals surface area (Å²) >= 11 is 0. The summed E-state index contributed by atoms with van der Waals surface area (Å²) in [5.74, 6) is -0.687. The zero-order chi connectivity index (χ0) is 23.3. The van der Waals surface area contributed by atoms with Crippen molar-refractivity contribution >= 4 is 22.8 Å². The Balaban J connectivity index is 1.68. The topological polar surface area (TPSA) is 86.0 Å². The van der Waals surface area contributed by atoms with Gasteiger partial charge in [-0.1, -0.05) is 12.1 Å². The number of nitrogens with zero attached hydrogens (tertiary/aromatic N) is 1. The fraction of sp³-hybridized carbons (Fsp3) is 0.346. The van der Waals surface area contributed by atoms with Crippen molar-refractivity contribution in [3.63, 3.8) is 0 Å². The molecule has 170 valence electrons. The first-order chi connectivity index (χ1) is 15.9. The highest BCUT2D eigenvalue weighted by Crippen LogP contribution is 2.39. The lowest BCUT2D eigenvalue weighted by molar-refractivity contribution is 0.0486. The van der Waals surface area contributed by atoms with Gasteiger partial charge in [-0.25, -0.2) is 4.79 Å². The normalized spacial score (nSPS) is 19.8. The number of methoxy groups -OCH3 is 1. The second-order valence-corrected chi connectivity index (χ2v) is 8.72. The molecule has 7 heteroatoms. The van der Waals surface area contributed by atoms with Crippen LogP contribution in [0.4, 0.5) is 0 Å². The van der Waals surface area contributed by atoms with Crippen molar-refractivity contribution in [3.8, 4) is 0 Å². The second-order valence-electron chi connectivity index (χ2n) is 8.72. The Morgan fingerprint density at radius 3 is 2.52 bits per heavy atom. The van der Waals surface area contributed by atoms with Gasteiger partial charge in [0.05, 0.1) is 35.8 Å². The van der Waals surface area contributed by atoms with Gasteiger partial charge in [0.1, 0.15) is 5.58 Å². The Hall–Kier alpha value is -3.45. The molecule has 3 aromatic rings. The predicted octanol–water partition coefficient (Wildman–Crippen LogP) is 3.92. The number of carbonyl (C=O) groups is 2. The Bertz CT molecular complexity index is 1320. The molecular weight excluding hydrogens is 422 g/mol. The molecule has 1 amide bonds. The third-order valence-electron chi connectivity index (χ3n) is 6.65. The van der Waals surface area contributed by atoms with Crippen LogP contribution in [0.5, 0.6) is 0 Å². The van der Waals surface area contributed by atoms with E-state index in [0.29, 0.717) is 35.2 Å². The summed E-state index contributed by atoms with van der Waals surface area (Å²) in [6.07, 6.45) is 1.71. The zero-order valence-corrected chi connectivity index (χ0v) is 18.8. The molecule has 0 spiro atoms. The number of rotatable bonds is 4. The number of fused-ring (bicyclic) bond motifs is 2. The average molecular weight is 447 g/mol. The maximum absolute atomic E-state index is 13.7. The molecule has 33 heavy (non-hydrogen) atoms. The maximum atomic E-state index is 13.7. The van der Waals surface area contributed by atoms with E-state index >= 15 is 0 Å². The smallest absolute Gasteiger partial charge is 0.337 e. The summed E-state index contributed by atoms with van der Waals surface area (Å²) in [4.78, 5) is 40.7. The van der Waals surface area contributed by atoms with E-state index in [9.17, 15) is 14.4 Å². The predicted molar refractivity (Wildman–Crippen MR) is 122 cm³/mol. The van der Waals surface area contributed by atoms with Gasteiger partial charge in [0.15, 0.2) is 5.43 Å². The monoisotopic (exact) mass is 447 g/mol. The molecule has 2 aliphatic rings. The molecule has 7 nitrogen and oxygen atoms in total. The van der Waals surface area contributed by atoms with Crippen LogP contribution in [0.1, 0.15) is 62.1 Å². The summed E-state index contributed by atoms with van der Waals surface area (Å²) < 4.78 is 16.6. The molecule has 3 heterocycles. The molecule has 0 unspecified atom stereocenters. The van der Waals surface area contributed by atoms with Crippen LogP contribution in [-0.4, -0.2) is 43.1 Å². The number of amides is 1. The molecule has 1 aromatic heterocycles. The summed E-state index contributed by atoms with van der Waals surface area (Å²) in [7, 11) is 1.32. The highest BCUT2D eigenvalue weighted by atomic mass is 16.5. The SMILES string of the molecule is COC(=O)c1ccc([C@H]2c3c(oc4cc(C)c(C)cc4c3=O)C(=O)N2C[C@H]2CCCO2)cc1. The molecule has 2 atom stereocenters. The van der Waals surface area contributed by atoms with E-state index in [0.717, 1.165) is 29.5 Å². The van der Waals surface area contributed by atoms with E-state index in [2.05, 4.69) is 0 Å². The standard InChI is InChI=1S/C26H25NO6/c1-14-11-19-20(12-15(14)2)33-24-21(23(19)28)22(16-6-8-17(9-7-16)26(30)31-3)27(25(24)29)13-18-5-4-10-32-18/h6-9,11-12,18,22H,4-5,10,13H2,1-3H3/t18-,22+/m1/s1. The van der Waals surface area contributed by atoms with Crippen molar-refractivity contribution in [2.45, 2.75) is 38.8 Å². The lowest BCUT2D eigenvalue weighted by atomic mass is 9.96. The third-order valence-corrected chi connectivity index (χ3v) is 6.65. The maximum Gasteiger partial charge on any atom is 0.337 e. The van der Waals surface area contributed by atoms with Crippen molar-refractivity contribution < 1.29 is 23.5 Å². The van der Waals surface area contributed by atoms with Crippen LogP contribution in [0, 0.1) is 13.8 Å². The molecule has 1 saturated heterocycles. The van der Waals surface area contributed by atoms with Gasteiger partial charge in [-0.15, -0.1) is 0 Å². The molecule has 0 radical (unpaired) electrons. The molecule has 1 fully saturated rings. The van der Waals surface area contributed by atoms with E-state index in [-0.39, 0.29) is 23.2 Å². The van der Waals surface area contributed by atoms with Crippen LogP contribution in [0.3, 0.4) is 0 Å². The van der Waals surface area contributed by atoms with Gasteiger partial charge < -0.3 is 18.8 Å². The van der Waals surface area contributed by atoms with Crippen LogP contribution in [-0.2, 0) is 9.47 Å². The number of carbonyl (C=O) groups excluding carboxylic acids is 2. The number of hydrogen-bond donors (Lipinski definition) is 0. The molecule has 2 aliphatic heterocycles. The van der Waals surface area contributed by atoms with Gasteiger partial charge in [0.25, 0.3) is 5.91 Å². The van der Waals surface area contributed by atoms with Crippen molar-refractivity contribution in [3.05, 3.63) is 80.2 Å². The number of benzene rings is 2. The first-order valence-electron chi connectivity index (χ1n) is 11.1. The minimum atomic E-state index is -0.620. The summed E-state index contributed by atoms with van der Waals surface area (Å²) in [6.45, 7) is 4.91. The minimum Gasteiger partial charge on any atom is -0.465 e. The summed E-state index contributed by atoms with van der Waals surface area (Å²) in [5.41, 5.74) is 3.63. The molecule has 2 aromatic carbocycles. The first-order valence-corrected chi connectivity index (χ1v) is 11.1.